The lowest BCUT2D eigenvalue weighted by molar-refractivity contribution is 0.116. The van der Waals surface area contributed by atoms with Crippen molar-refractivity contribution in [1.82, 2.24) is 10.3 Å². The van der Waals surface area contributed by atoms with Crippen molar-refractivity contribution in [2.75, 3.05) is 25.1 Å². The Morgan fingerprint density at radius 2 is 2.14 bits per heavy atom. The summed E-state index contributed by atoms with van der Waals surface area (Å²) < 4.78 is 5.73. The first-order valence-corrected chi connectivity index (χ1v) is 8.84. The van der Waals surface area contributed by atoms with Gasteiger partial charge in [-0.15, -0.1) is 11.3 Å². The molecule has 1 atom stereocenters. The molecule has 1 aliphatic heterocycles. The predicted molar refractivity (Wildman–Crippen MR) is 90.4 cm³/mol. The molecule has 1 aromatic heterocycles. The van der Waals surface area contributed by atoms with Gasteiger partial charge in [0.05, 0.1) is 11.8 Å². The lowest BCUT2D eigenvalue weighted by atomic mass is 10.1. The minimum Gasteiger partial charge on any atom is -0.376 e. The molecule has 21 heavy (non-hydrogen) atoms. The Hall–Kier alpha value is -0.650. The van der Waals surface area contributed by atoms with Gasteiger partial charge in [0, 0.05) is 37.7 Å². The van der Waals surface area contributed by atoms with E-state index in [2.05, 4.69) is 45.0 Å². The summed E-state index contributed by atoms with van der Waals surface area (Å²) in [5.74, 6) is 0.468. The molecule has 0 radical (unpaired) electrons. The van der Waals surface area contributed by atoms with Gasteiger partial charge in [0.2, 0.25) is 0 Å². The fraction of sp³-hybridized carbons (Fsp3) is 0.812. The highest BCUT2D eigenvalue weighted by atomic mass is 32.1. The van der Waals surface area contributed by atoms with Gasteiger partial charge in [-0.05, 0) is 18.8 Å². The summed E-state index contributed by atoms with van der Waals surface area (Å²) in [5.41, 5.74) is 1.24. The van der Waals surface area contributed by atoms with Gasteiger partial charge in [-0.2, -0.15) is 0 Å². The first-order valence-electron chi connectivity index (χ1n) is 8.03. The normalized spacial score (nSPS) is 18.9. The van der Waals surface area contributed by atoms with Crippen LogP contribution in [0.1, 0.15) is 57.0 Å². The van der Waals surface area contributed by atoms with Crippen molar-refractivity contribution in [3.05, 3.63) is 10.6 Å². The molecule has 0 amide bonds. The summed E-state index contributed by atoms with van der Waals surface area (Å²) in [6.07, 6.45) is 2.74. The predicted octanol–water partition coefficient (Wildman–Crippen LogP) is 3.38. The summed E-state index contributed by atoms with van der Waals surface area (Å²) >= 11 is 1.82. The van der Waals surface area contributed by atoms with Crippen molar-refractivity contribution >= 4 is 16.5 Å². The van der Waals surface area contributed by atoms with Gasteiger partial charge in [-0.1, -0.05) is 27.7 Å². The zero-order valence-corrected chi connectivity index (χ0v) is 14.8. The molecule has 4 nitrogen and oxygen atoms in total. The standard InChI is InChI=1S/C16H29N3OS/c1-11(2)15-14(9-17-12(3)4)21-16(18-15)19(5)10-13-7-6-8-20-13/h11-13,17H,6-10H2,1-5H3. The average molecular weight is 311 g/mol. The molecule has 1 aromatic rings. The molecule has 1 fully saturated rings. The van der Waals surface area contributed by atoms with E-state index in [1.54, 1.807) is 0 Å². The number of ether oxygens (including phenoxy) is 1. The summed E-state index contributed by atoms with van der Waals surface area (Å²) in [7, 11) is 2.13. The van der Waals surface area contributed by atoms with E-state index in [0.29, 0.717) is 18.1 Å². The minimum absolute atomic E-state index is 0.374. The molecule has 0 aliphatic carbocycles. The minimum atomic E-state index is 0.374. The number of likely N-dealkylation sites (N-methyl/N-ethyl adjacent to an activating group) is 1. The fourth-order valence-corrected chi connectivity index (χ4v) is 3.70. The van der Waals surface area contributed by atoms with Crippen molar-refractivity contribution in [2.45, 2.75) is 65.1 Å². The van der Waals surface area contributed by atoms with E-state index in [0.717, 1.165) is 24.8 Å². The Kier molecular flexibility index (Phi) is 6.02. The van der Waals surface area contributed by atoms with Crippen molar-refractivity contribution in [3.8, 4) is 0 Å². The van der Waals surface area contributed by atoms with Crippen LogP contribution in [0.15, 0.2) is 0 Å². The number of nitrogens with zero attached hydrogens (tertiary/aromatic N) is 2. The van der Waals surface area contributed by atoms with Crippen molar-refractivity contribution in [1.29, 1.82) is 0 Å². The SMILES string of the molecule is CC(C)NCc1sc(N(C)CC2CCCO2)nc1C(C)C. The van der Waals surface area contributed by atoms with E-state index in [-0.39, 0.29) is 0 Å². The van der Waals surface area contributed by atoms with Gasteiger partial charge >= 0.3 is 0 Å². The zero-order valence-electron chi connectivity index (χ0n) is 14.0. The van der Waals surface area contributed by atoms with Gasteiger partial charge in [-0.3, -0.25) is 0 Å². The third-order valence-electron chi connectivity index (χ3n) is 3.76. The highest BCUT2D eigenvalue weighted by molar-refractivity contribution is 7.15. The molecule has 120 valence electrons. The van der Waals surface area contributed by atoms with Gasteiger partial charge in [0.15, 0.2) is 5.13 Å². The van der Waals surface area contributed by atoms with Crippen LogP contribution in [0.3, 0.4) is 0 Å². The van der Waals surface area contributed by atoms with E-state index >= 15 is 0 Å². The Bertz CT molecular complexity index is 439. The van der Waals surface area contributed by atoms with Crippen LogP contribution in [-0.2, 0) is 11.3 Å². The van der Waals surface area contributed by atoms with Gasteiger partial charge in [0.1, 0.15) is 0 Å². The second-order valence-electron chi connectivity index (χ2n) is 6.51. The first-order chi connectivity index (χ1) is 9.97. The highest BCUT2D eigenvalue weighted by Crippen LogP contribution is 2.31. The second kappa shape index (κ2) is 7.56. The molecule has 0 bridgehead atoms. The lowest BCUT2D eigenvalue weighted by Crippen LogP contribution is -2.28. The summed E-state index contributed by atoms with van der Waals surface area (Å²) in [6.45, 7) is 11.6. The number of nitrogens with one attached hydrogen (secondary N) is 1. The van der Waals surface area contributed by atoms with E-state index in [1.807, 2.05) is 11.3 Å². The Balaban J connectivity index is 2.06. The van der Waals surface area contributed by atoms with Crippen LogP contribution in [0.25, 0.3) is 0 Å². The second-order valence-corrected chi connectivity index (χ2v) is 7.57. The van der Waals surface area contributed by atoms with Crippen LogP contribution in [0.4, 0.5) is 5.13 Å². The maximum atomic E-state index is 5.73. The topological polar surface area (TPSA) is 37.4 Å². The maximum absolute atomic E-state index is 5.73. The molecule has 0 aromatic carbocycles. The maximum Gasteiger partial charge on any atom is 0.185 e. The van der Waals surface area contributed by atoms with E-state index in [9.17, 15) is 0 Å². The fourth-order valence-electron chi connectivity index (χ4n) is 2.56. The summed E-state index contributed by atoms with van der Waals surface area (Å²) in [6, 6.07) is 0.500. The van der Waals surface area contributed by atoms with Crippen LogP contribution in [0.5, 0.6) is 0 Å². The molecule has 5 heteroatoms. The number of aromatic nitrogens is 1. The third kappa shape index (κ3) is 4.66. The van der Waals surface area contributed by atoms with Gasteiger partial charge < -0.3 is 15.0 Å². The van der Waals surface area contributed by atoms with Gasteiger partial charge in [0.25, 0.3) is 0 Å². The van der Waals surface area contributed by atoms with Crippen molar-refractivity contribution < 1.29 is 4.74 Å². The third-order valence-corrected chi connectivity index (χ3v) is 4.95. The molecule has 1 saturated heterocycles. The van der Waals surface area contributed by atoms with Crippen LogP contribution < -0.4 is 10.2 Å². The van der Waals surface area contributed by atoms with Crippen LogP contribution in [-0.4, -0.2) is 37.3 Å². The number of hydrogen-bond donors (Lipinski definition) is 1. The van der Waals surface area contributed by atoms with Crippen molar-refractivity contribution in [3.63, 3.8) is 0 Å². The number of hydrogen-bond acceptors (Lipinski definition) is 5. The van der Waals surface area contributed by atoms with Gasteiger partial charge in [-0.25, -0.2) is 4.98 Å². The average Bonchev–Trinajstić information content (AvgIpc) is 3.04. The van der Waals surface area contributed by atoms with Crippen LogP contribution in [0, 0.1) is 0 Å². The lowest BCUT2D eigenvalue weighted by Gasteiger charge is -2.19. The monoisotopic (exact) mass is 311 g/mol. The molecule has 1 aliphatic rings. The highest BCUT2D eigenvalue weighted by Gasteiger charge is 2.21. The molecule has 0 spiro atoms. The Morgan fingerprint density at radius 3 is 2.71 bits per heavy atom. The van der Waals surface area contributed by atoms with E-state index in [4.69, 9.17) is 9.72 Å². The number of anilines is 1. The quantitative estimate of drug-likeness (QED) is 0.837. The molecular formula is C16H29N3OS. The number of rotatable bonds is 7. The summed E-state index contributed by atoms with van der Waals surface area (Å²) in [4.78, 5) is 8.50. The van der Waals surface area contributed by atoms with E-state index in [1.165, 1.54) is 23.4 Å². The van der Waals surface area contributed by atoms with Crippen LogP contribution >= 0.6 is 11.3 Å². The summed E-state index contributed by atoms with van der Waals surface area (Å²) in [5, 5.41) is 4.63. The first kappa shape index (κ1) is 16.7. The molecule has 2 rings (SSSR count). The Labute approximate surface area is 132 Å². The largest absolute Gasteiger partial charge is 0.376 e. The number of thiazole rings is 1. The molecule has 2 heterocycles. The Morgan fingerprint density at radius 1 is 1.38 bits per heavy atom. The molecule has 0 saturated carbocycles. The molecular weight excluding hydrogens is 282 g/mol. The van der Waals surface area contributed by atoms with Crippen molar-refractivity contribution in [2.24, 2.45) is 0 Å². The zero-order chi connectivity index (χ0) is 15.4. The molecule has 1 N–H and O–H groups in total. The smallest absolute Gasteiger partial charge is 0.185 e. The molecule has 1 unspecified atom stereocenters. The van der Waals surface area contributed by atoms with Crippen LogP contribution in [0.2, 0.25) is 0 Å². The van der Waals surface area contributed by atoms with E-state index < -0.39 is 0 Å².